The molecule has 5 nitrogen and oxygen atoms in total. The molecule has 0 bridgehead atoms. The van der Waals surface area contributed by atoms with Gasteiger partial charge in [0.1, 0.15) is 5.75 Å². The average Bonchev–Trinajstić information content (AvgIpc) is 2.57. The Balaban J connectivity index is 0. The number of hydrogen-bond acceptors (Lipinski definition) is 3. The number of unbranched alkanes of at least 4 members (excludes halogenated alkanes) is 2. The summed E-state index contributed by atoms with van der Waals surface area (Å²) in [4.78, 5) is 0. The molecule has 7 heteroatoms. The summed E-state index contributed by atoms with van der Waals surface area (Å²) in [6.07, 6.45) is 7.07. The third-order valence-electron chi connectivity index (χ3n) is 4.05. The molecule has 0 fully saturated rings. The minimum Gasteiger partial charge on any atom is -1.00 e. The Labute approximate surface area is 186 Å². The van der Waals surface area contributed by atoms with Crippen molar-refractivity contribution in [2.24, 2.45) is 0 Å². The number of phenolic OH excluding ortho intramolecular Hbond substituents is 1. The molecule has 0 spiro atoms. The molecule has 0 aliphatic rings. The van der Waals surface area contributed by atoms with Crippen molar-refractivity contribution in [2.75, 3.05) is 0 Å². The van der Waals surface area contributed by atoms with Crippen LogP contribution in [-0.2, 0) is 23.2 Å². The zero-order chi connectivity index (χ0) is 19.6. The number of para-hydroxylation sites is 1. The van der Waals surface area contributed by atoms with Crippen molar-refractivity contribution in [1.82, 2.24) is 0 Å². The van der Waals surface area contributed by atoms with E-state index in [1.165, 1.54) is 42.4 Å². The van der Waals surface area contributed by atoms with Crippen LogP contribution in [0.2, 0.25) is 0 Å². The zero-order valence-electron chi connectivity index (χ0n) is 17.4. The van der Waals surface area contributed by atoms with Gasteiger partial charge in [0.15, 0.2) is 0 Å². The molecule has 0 atom stereocenters. The summed E-state index contributed by atoms with van der Waals surface area (Å²) in [5.74, 6) is 0.378. The molecule has 0 radical (unpaired) electrons. The molecule has 0 saturated heterocycles. The molecule has 2 rings (SSSR count). The van der Waals surface area contributed by atoms with Gasteiger partial charge in [0.2, 0.25) is 0 Å². The Hall–Kier alpha value is -0.890. The Morgan fingerprint density at radius 2 is 1.37 bits per heavy atom. The first-order valence-corrected chi connectivity index (χ1v) is 10.3. The number of rotatable bonds is 7. The fourth-order valence-electron chi connectivity index (χ4n) is 2.84. The molecular formula is C20H29NaO5S. The summed E-state index contributed by atoms with van der Waals surface area (Å²) < 4.78 is 31.6. The largest absolute Gasteiger partial charge is 1.00 e. The van der Waals surface area contributed by atoms with Crippen molar-refractivity contribution < 1.29 is 53.6 Å². The van der Waals surface area contributed by atoms with Crippen LogP contribution in [0.15, 0.2) is 42.5 Å². The fraction of sp³-hybridized carbons (Fsp3) is 0.400. The predicted molar refractivity (Wildman–Crippen MR) is 106 cm³/mol. The van der Waals surface area contributed by atoms with Crippen LogP contribution in [0.25, 0.3) is 11.1 Å². The van der Waals surface area contributed by atoms with E-state index in [0.29, 0.717) is 5.75 Å². The number of phenols is 1. The molecule has 146 valence electrons. The van der Waals surface area contributed by atoms with E-state index < -0.39 is 10.4 Å². The molecule has 0 saturated carbocycles. The molecule has 2 aromatic carbocycles. The van der Waals surface area contributed by atoms with Crippen LogP contribution in [0.1, 0.15) is 52.1 Å². The van der Waals surface area contributed by atoms with Gasteiger partial charge in [-0.25, -0.2) is 0 Å². The van der Waals surface area contributed by atoms with Gasteiger partial charge >= 0.3 is 40.0 Å². The summed E-state index contributed by atoms with van der Waals surface area (Å²) in [5, 5.41) is 10.2. The molecule has 0 aromatic heterocycles. The molecule has 3 N–H and O–H groups in total. The molecule has 0 heterocycles. The predicted octanol–water partition coefficient (Wildman–Crippen LogP) is 2.21. The van der Waals surface area contributed by atoms with E-state index >= 15 is 0 Å². The van der Waals surface area contributed by atoms with Crippen molar-refractivity contribution in [3.63, 3.8) is 0 Å². The molecule has 0 unspecified atom stereocenters. The minimum atomic E-state index is -4.67. The first-order valence-electron chi connectivity index (χ1n) is 8.86. The SMILES string of the molecule is CCCCc1cccc(-c2ccccc2O)c1CCCC.O=S(=O)(O)O.[H-].[Na+]. The third-order valence-corrected chi connectivity index (χ3v) is 4.05. The first kappa shape index (κ1) is 26.1. The average molecular weight is 405 g/mol. The second kappa shape index (κ2) is 13.3. The van der Waals surface area contributed by atoms with Crippen molar-refractivity contribution in [1.29, 1.82) is 0 Å². The van der Waals surface area contributed by atoms with E-state index in [1.54, 1.807) is 6.07 Å². The molecule has 0 aliphatic heterocycles. The van der Waals surface area contributed by atoms with Gasteiger partial charge in [0, 0.05) is 5.56 Å². The minimum absolute atomic E-state index is 0. The van der Waals surface area contributed by atoms with Crippen LogP contribution in [-0.4, -0.2) is 22.6 Å². The van der Waals surface area contributed by atoms with Crippen LogP contribution in [0.5, 0.6) is 5.75 Å². The maximum atomic E-state index is 10.2. The molecule has 27 heavy (non-hydrogen) atoms. The van der Waals surface area contributed by atoms with Gasteiger partial charge in [-0.2, -0.15) is 8.42 Å². The van der Waals surface area contributed by atoms with E-state index in [-0.39, 0.29) is 31.0 Å². The number of aryl methyl sites for hydroxylation is 1. The second-order valence-corrected chi connectivity index (χ2v) is 7.01. The number of aromatic hydroxyl groups is 1. The standard InChI is InChI=1S/C20H26O.Na.H2O4S.H/c1-3-5-10-16-11-9-14-18(17(16)12-6-4-2)19-13-7-8-15-20(19)21;;1-5(2,3)4;/h7-9,11,13-15,21H,3-6,10,12H2,1-2H3;;(H2,1,2,3,4);/q;+1;;-1. The van der Waals surface area contributed by atoms with Crippen LogP contribution in [0.3, 0.4) is 0 Å². The van der Waals surface area contributed by atoms with E-state index in [4.69, 9.17) is 17.5 Å². The van der Waals surface area contributed by atoms with Crippen LogP contribution in [0, 0.1) is 0 Å². The summed E-state index contributed by atoms with van der Waals surface area (Å²) in [6, 6.07) is 14.2. The summed E-state index contributed by atoms with van der Waals surface area (Å²) >= 11 is 0. The molecule has 0 amide bonds. The van der Waals surface area contributed by atoms with Crippen molar-refractivity contribution in [3.8, 4) is 16.9 Å². The van der Waals surface area contributed by atoms with Gasteiger partial charge in [-0.1, -0.05) is 63.1 Å². The first-order chi connectivity index (χ1) is 12.3. The van der Waals surface area contributed by atoms with Gasteiger partial charge in [0.05, 0.1) is 0 Å². The Bertz CT molecular complexity index is 789. The van der Waals surface area contributed by atoms with Gasteiger partial charge in [-0.15, -0.1) is 0 Å². The summed E-state index contributed by atoms with van der Waals surface area (Å²) in [6.45, 7) is 4.47. The van der Waals surface area contributed by atoms with Gasteiger partial charge < -0.3 is 6.53 Å². The molecule has 0 aliphatic carbocycles. The maximum absolute atomic E-state index is 10.2. The van der Waals surface area contributed by atoms with Gasteiger partial charge in [-0.3, -0.25) is 9.11 Å². The van der Waals surface area contributed by atoms with Crippen LogP contribution < -0.4 is 29.6 Å². The molecule has 2 aromatic rings. The Morgan fingerprint density at radius 3 is 1.93 bits per heavy atom. The summed E-state index contributed by atoms with van der Waals surface area (Å²) in [7, 11) is -4.67. The van der Waals surface area contributed by atoms with Crippen molar-refractivity contribution in [2.45, 2.75) is 52.4 Å². The zero-order valence-corrected chi connectivity index (χ0v) is 19.2. The van der Waals surface area contributed by atoms with E-state index in [1.807, 2.05) is 18.2 Å². The number of hydrogen-bond donors (Lipinski definition) is 3. The van der Waals surface area contributed by atoms with Crippen LogP contribution in [0.4, 0.5) is 0 Å². The van der Waals surface area contributed by atoms with E-state index in [2.05, 4.69) is 32.0 Å². The third kappa shape index (κ3) is 10.3. The maximum Gasteiger partial charge on any atom is 1.00 e. The fourth-order valence-corrected chi connectivity index (χ4v) is 2.84. The van der Waals surface area contributed by atoms with E-state index in [9.17, 15) is 5.11 Å². The number of benzene rings is 2. The van der Waals surface area contributed by atoms with Gasteiger partial charge in [-0.05, 0) is 48.4 Å². The van der Waals surface area contributed by atoms with Crippen molar-refractivity contribution in [3.05, 3.63) is 53.6 Å². The summed E-state index contributed by atoms with van der Waals surface area (Å²) in [5.41, 5.74) is 5.04. The Kier molecular flexibility index (Phi) is 12.9. The van der Waals surface area contributed by atoms with Gasteiger partial charge in [0.25, 0.3) is 0 Å². The normalized spacial score (nSPS) is 10.5. The molecular weight excluding hydrogens is 375 g/mol. The smallest absolute Gasteiger partial charge is 1.00 e. The quantitative estimate of drug-likeness (QED) is 0.486. The van der Waals surface area contributed by atoms with Crippen LogP contribution >= 0.6 is 0 Å². The monoisotopic (exact) mass is 404 g/mol. The Morgan fingerprint density at radius 1 is 0.852 bits per heavy atom. The van der Waals surface area contributed by atoms with Crippen molar-refractivity contribution >= 4 is 10.4 Å². The second-order valence-electron chi connectivity index (χ2n) is 6.12. The van der Waals surface area contributed by atoms with E-state index in [0.717, 1.165) is 18.4 Å². The topological polar surface area (TPSA) is 94.8 Å².